The zero-order valence-corrected chi connectivity index (χ0v) is 9.24. The molecule has 2 heterocycles. The zero-order valence-electron chi connectivity index (χ0n) is 9.24. The number of rotatable bonds is 4. The van der Waals surface area contributed by atoms with Crippen LogP contribution in [0.1, 0.15) is 17.3 Å². The lowest BCUT2D eigenvalue weighted by molar-refractivity contribution is 0.536. The van der Waals surface area contributed by atoms with Gasteiger partial charge >= 0.3 is 0 Å². The molecule has 0 fully saturated rings. The highest BCUT2D eigenvalue weighted by Gasteiger charge is 2.12. The van der Waals surface area contributed by atoms with Gasteiger partial charge in [-0.15, -0.1) is 0 Å². The highest BCUT2D eigenvalue weighted by molar-refractivity contribution is 5.32. The molecule has 5 N–H and O–H groups in total. The Bertz CT molecular complexity index is 472. The minimum absolute atomic E-state index is 0.0921. The maximum atomic E-state index is 5.62. The summed E-state index contributed by atoms with van der Waals surface area (Å²) in [6.45, 7) is 0. The molecule has 0 spiro atoms. The van der Waals surface area contributed by atoms with E-state index in [0.717, 1.165) is 11.3 Å². The van der Waals surface area contributed by atoms with Gasteiger partial charge in [0.25, 0.3) is 0 Å². The van der Waals surface area contributed by atoms with Gasteiger partial charge in [0.1, 0.15) is 5.82 Å². The highest BCUT2D eigenvalue weighted by Crippen LogP contribution is 2.15. The Hall–Kier alpha value is -2.05. The van der Waals surface area contributed by atoms with Crippen molar-refractivity contribution in [2.45, 2.75) is 12.5 Å². The Kier molecular flexibility index (Phi) is 3.59. The van der Waals surface area contributed by atoms with E-state index in [9.17, 15) is 0 Å². The molecule has 6 nitrogen and oxygen atoms in total. The maximum absolute atomic E-state index is 5.62. The van der Waals surface area contributed by atoms with Gasteiger partial charge < -0.3 is 5.73 Å². The van der Waals surface area contributed by atoms with E-state index < -0.39 is 0 Å². The second kappa shape index (κ2) is 5.33. The van der Waals surface area contributed by atoms with Crippen LogP contribution in [0.15, 0.2) is 36.9 Å². The van der Waals surface area contributed by atoms with E-state index in [4.69, 9.17) is 11.6 Å². The average Bonchev–Trinajstić information content (AvgIpc) is 2.37. The van der Waals surface area contributed by atoms with Crippen LogP contribution >= 0.6 is 0 Å². The first-order valence-electron chi connectivity index (χ1n) is 5.22. The Balaban J connectivity index is 2.16. The van der Waals surface area contributed by atoms with Gasteiger partial charge in [0.15, 0.2) is 0 Å². The van der Waals surface area contributed by atoms with Gasteiger partial charge in [-0.2, -0.15) is 0 Å². The quantitative estimate of drug-likeness (QED) is 0.512. The van der Waals surface area contributed by atoms with E-state index in [1.165, 1.54) is 0 Å². The lowest BCUT2D eigenvalue weighted by atomic mass is 10.1. The number of nitrogens with one attached hydrogen (secondary N) is 1. The van der Waals surface area contributed by atoms with Gasteiger partial charge in [-0.1, -0.05) is 0 Å². The molecule has 0 saturated carbocycles. The van der Waals surface area contributed by atoms with Crippen molar-refractivity contribution in [2.75, 3.05) is 5.73 Å². The van der Waals surface area contributed by atoms with Crippen molar-refractivity contribution in [3.05, 3.63) is 48.2 Å². The van der Waals surface area contributed by atoms with Gasteiger partial charge in [-0.3, -0.25) is 21.2 Å². The maximum Gasteiger partial charge on any atom is 0.123 e. The summed E-state index contributed by atoms with van der Waals surface area (Å²) in [6.07, 6.45) is 7.31. The first-order chi connectivity index (χ1) is 8.29. The Morgan fingerprint density at radius 1 is 1.24 bits per heavy atom. The summed E-state index contributed by atoms with van der Waals surface area (Å²) in [5, 5.41) is 0. The lowest BCUT2D eigenvalue weighted by Gasteiger charge is -2.14. The van der Waals surface area contributed by atoms with Crippen LogP contribution in [0.3, 0.4) is 0 Å². The second-order valence-corrected chi connectivity index (χ2v) is 3.64. The molecule has 0 bridgehead atoms. The predicted molar refractivity (Wildman–Crippen MR) is 64.4 cm³/mol. The minimum atomic E-state index is -0.0921. The normalized spacial score (nSPS) is 12.3. The molecular formula is C11H14N6. The molecule has 0 aliphatic heterocycles. The number of anilines is 1. The second-order valence-electron chi connectivity index (χ2n) is 3.64. The van der Waals surface area contributed by atoms with Crippen LogP contribution in [0.2, 0.25) is 0 Å². The number of nitrogen functional groups attached to an aromatic ring is 1. The van der Waals surface area contributed by atoms with E-state index >= 15 is 0 Å². The largest absolute Gasteiger partial charge is 0.384 e. The third-order valence-corrected chi connectivity index (χ3v) is 2.43. The molecule has 0 aliphatic rings. The van der Waals surface area contributed by atoms with Crippen molar-refractivity contribution in [2.24, 2.45) is 5.84 Å². The van der Waals surface area contributed by atoms with Crippen molar-refractivity contribution >= 4 is 5.82 Å². The SMILES string of the molecule is NNC(Cc1ccnc(N)c1)c1cnccn1. The first-order valence-corrected chi connectivity index (χ1v) is 5.22. The molecule has 2 rings (SSSR count). The average molecular weight is 230 g/mol. The molecule has 0 saturated heterocycles. The molecule has 1 atom stereocenters. The number of nitrogens with zero attached hydrogens (tertiary/aromatic N) is 3. The zero-order chi connectivity index (χ0) is 12.1. The summed E-state index contributed by atoms with van der Waals surface area (Å²) in [7, 11) is 0. The molecule has 0 radical (unpaired) electrons. The highest BCUT2D eigenvalue weighted by atomic mass is 15.2. The first kappa shape index (κ1) is 11.4. The number of nitrogens with two attached hydrogens (primary N) is 2. The Labute approximate surface area is 99.1 Å². The topological polar surface area (TPSA) is 103 Å². The van der Waals surface area contributed by atoms with Crippen molar-refractivity contribution in [3.8, 4) is 0 Å². The van der Waals surface area contributed by atoms with Crippen LogP contribution in [0.25, 0.3) is 0 Å². The number of aromatic nitrogens is 3. The molecule has 0 aliphatic carbocycles. The fourth-order valence-electron chi connectivity index (χ4n) is 1.60. The van der Waals surface area contributed by atoms with E-state index in [2.05, 4.69) is 20.4 Å². The van der Waals surface area contributed by atoms with Crippen molar-refractivity contribution in [1.29, 1.82) is 0 Å². The van der Waals surface area contributed by atoms with Gasteiger partial charge in [-0.25, -0.2) is 4.98 Å². The van der Waals surface area contributed by atoms with Gasteiger partial charge in [-0.05, 0) is 24.1 Å². The van der Waals surface area contributed by atoms with Gasteiger partial charge in [0, 0.05) is 18.6 Å². The summed E-state index contributed by atoms with van der Waals surface area (Å²) in [6, 6.07) is 3.63. The van der Waals surface area contributed by atoms with Crippen LogP contribution in [-0.2, 0) is 6.42 Å². The summed E-state index contributed by atoms with van der Waals surface area (Å²) in [5.74, 6) is 6.02. The summed E-state index contributed by atoms with van der Waals surface area (Å²) < 4.78 is 0. The summed E-state index contributed by atoms with van der Waals surface area (Å²) in [5.41, 5.74) is 10.2. The number of pyridine rings is 1. The molecule has 1 unspecified atom stereocenters. The third kappa shape index (κ3) is 2.96. The van der Waals surface area contributed by atoms with Crippen LogP contribution in [0.4, 0.5) is 5.82 Å². The molecule has 2 aromatic rings. The Morgan fingerprint density at radius 3 is 2.76 bits per heavy atom. The molecule has 0 aromatic carbocycles. The van der Waals surface area contributed by atoms with Crippen LogP contribution in [-0.4, -0.2) is 15.0 Å². The monoisotopic (exact) mass is 230 g/mol. The summed E-state index contributed by atoms with van der Waals surface area (Å²) in [4.78, 5) is 12.2. The standard InChI is InChI=1S/C11H14N6/c12-11-6-8(1-2-16-11)5-9(17-13)10-7-14-3-4-15-10/h1-4,6-7,9,17H,5,13H2,(H2,12,16). The molecule has 0 amide bonds. The minimum Gasteiger partial charge on any atom is -0.384 e. The summed E-state index contributed by atoms with van der Waals surface area (Å²) >= 11 is 0. The lowest BCUT2D eigenvalue weighted by Crippen LogP contribution is -2.30. The van der Waals surface area contributed by atoms with Crippen LogP contribution < -0.4 is 17.0 Å². The van der Waals surface area contributed by atoms with E-state index in [1.54, 1.807) is 24.8 Å². The van der Waals surface area contributed by atoms with Crippen molar-refractivity contribution < 1.29 is 0 Å². The number of hydrazine groups is 1. The number of hydrogen-bond acceptors (Lipinski definition) is 6. The van der Waals surface area contributed by atoms with Gasteiger partial charge in [0.2, 0.25) is 0 Å². The van der Waals surface area contributed by atoms with Crippen LogP contribution in [0.5, 0.6) is 0 Å². The fourth-order valence-corrected chi connectivity index (χ4v) is 1.60. The van der Waals surface area contributed by atoms with E-state index in [1.807, 2.05) is 12.1 Å². The fraction of sp³-hybridized carbons (Fsp3) is 0.182. The smallest absolute Gasteiger partial charge is 0.123 e. The number of hydrogen-bond donors (Lipinski definition) is 3. The molecule has 6 heteroatoms. The molecular weight excluding hydrogens is 216 g/mol. The van der Waals surface area contributed by atoms with E-state index in [0.29, 0.717) is 12.2 Å². The Morgan fingerprint density at radius 2 is 2.12 bits per heavy atom. The van der Waals surface area contributed by atoms with E-state index in [-0.39, 0.29) is 6.04 Å². The van der Waals surface area contributed by atoms with Crippen molar-refractivity contribution in [1.82, 2.24) is 20.4 Å². The van der Waals surface area contributed by atoms with Crippen molar-refractivity contribution in [3.63, 3.8) is 0 Å². The molecule has 88 valence electrons. The van der Waals surface area contributed by atoms with Crippen LogP contribution in [0, 0.1) is 0 Å². The third-order valence-electron chi connectivity index (χ3n) is 2.43. The van der Waals surface area contributed by atoms with Gasteiger partial charge in [0.05, 0.1) is 17.9 Å². The molecule has 17 heavy (non-hydrogen) atoms. The molecule has 2 aromatic heterocycles. The predicted octanol–water partition coefficient (Wildman–Crippen LogP) is 0.201.